The second kappa shape index (κ2) is 7.71. The van der Waals surface area contributed by atoms with Crippen LogP contribution in [0.4, 0.5) is 11.4 Å². The van der Waals surface area contributed by atoms with Gasteiger partial charge >= 0.3 is 18.9 Å². The van der Waals surface area contributed by atoms with Crippen molar-refractivity contribution in [2.45, 2.75) is 0 Å². The molecule has 6 nitrogen and oxygen atoms in total. The summed E-state index contributed by atoms with van der Waals surface area (Å²) in [6.07, 6.45) is 1.45. The van der Waals surface area contributed by atoms with Crippen LogP contribution < -0.4 is 10.5 Å². The Morgan fingerprint density at radius 3 is 1.97 bits per heavy atom. The fourth-order valence-corrected chi connectivity index (χ4v) is 3.52. The predicted octanol–water partition coefficient (Wildman–Crippen LogP) is 3.75. The van der Waals surface area contributed by atoms with Crippen LogP contribution >= 0.6 is 0 Å². The molecule has 2 N–H and O–H groups in total. The lowest BCUT2D eigenvalue weighted by atomic mass is 9.62. The minimum absolute atomic E-state index is 0.362. The molecule has 1 heterocycles. The fourth-order valence-electron chi connectivity index (χ4n) is 3.52. The average molecular weight is 386 g/mol. The largest absolute Gasteiger partial charge is 0.466 e. The van der Waals surface area contributed by atoms with E-state index in [0.717, 1.165) is 27.7 Å². The van der Waals surface area contributed by atoms with E-state index in [1.54, 1.807) is 24.3 Å². The van der Waals surface area contributed by atoms with Crippen molar-refractivity contribution < 1.29 is 19.1 Å². The van der Waals surface area contributed by atoms with Gasteiger partial charge in [-0.15, -0.1) is 0 Å². The first-order valence-electron chi connectivity index (χ1n) is 9.14. The number of rotatable bonds is 4. The number of ether oxygens (including phenoxy) is 2. The van der Waals surface area contributed by atoms with Gasteiger partial charge in [-0.05, 0) is 40.7 Å². The molecular weight excluding hydrogens is 367 g/mol. The van der Waals surface area contributed by atoms with E-state index in [9.17, 15) is 9.59 Å². The lowest BCUT2D eigenvalue weighted by Gasteiger charge is -2.28. The summed E-state index contributed by atoms with van der Waals surface area (Å²) in [4.78, 5) is 23.8. The van der Waals surface area contributed by atoms with E-state index < -0.39 is 11.9 Å². The van der Waals surface area contributed by atoms with E-state index in [-0.39, 0.29) is 6.98 Å². The van der Waals surface area contributed by atoms with Crippen molar-refractivity contribution in [3.05, 3.63) is 77.9 Å². The number of carbonyl (C=O) groups excluding carboxylic acids is 2. The van der Waals surface area contributed by atoms with E-state index in [1.165, 1.54) is 20.3 Å². The number of benzene rings is 3. The first-order chi connectivity index (χ1) is 14.1. The molecule has 0 fully saturated rings. The maximum absolute atomic E-state index is 12.1. The van der Waals surface area contributed by atoms with Crippen molar-refractivity contribution >= 4 is 46.5 Å². The summed E-state index contributed by atoms with van der Waals surface area (Å²) in [6, 6.07) is 19.0. The standard InChI is InChI=1S/C22H19BN2O4/c1-28-20(26)13-17(14-9-11-16(12-10-14)22(27)29-2)23-24-18-7-3-5-15-6-4-8-19(25-23)21(15)18/h3-13,24-25H,1-2H3/b17-13-. The Hall–Kier alpha value is -3.74. The molecule has 144 valence electrons. The number of hydrogen-bond donors (Lipinski definition) is 2. The molecule has 3 aromatic carbocycles. The minimum atomic E-state index is -0.460. The number of nitrogens with one attached hydrogen (secondary N) is 2. The van der Waals surface area contributed by atoms with E-state index in [1.807, 2.05) is 24.3 Å². The molecule has 0 radical (unpaired) electrons. The quantitative estimate of drug-likeness (QED) is 0.404. The third-order valence-electron chi connectivity index (χ3n) is 4.93. The van der Waals surface area contributed by atoms with Crippen LogP contribution in [0, 0.1) is 0 Å². The minimum Gasteiger partial charge on any atom is -0.466 e. The fraction of sp³-hybridized carbons (Fsp3) is 0.0909. The molecule has 4 rings (SSSR count). The smallest absolute Gasteiger partial charge is 0.406 e. The van der Waals surface area contributed by atoms with Gasteiger partial charge in [-0.25, -0.2) is 9.59 Å². The Morgan fingerprint density at radius 1 is 0.828 bits per heavy atom. The summed E-state index contributed by atoms with van der Waals surface area (Å²) in [5.41, 5.74) is 3.86. The molecule has 0 spiro atoms. The second-order valence-corrected chi connectivity index (χ2v) is 6.62. The highest BCUT2D eigenvalue weighted by Gasteiger charge is 2.29. The molecule has 0 aliphatic carbocycles. The summed E-state index contributed by atoms with van der Waals surface area (Å²) in [5.74, 6) is -0.873. The molecule has 0 unspecified atom stereocenters. The van der Waals surface area contributed by atoms with E-state index >= 15 is 0 Å². The lowest BCUT2D eigenvalue weighted by molar-refractivity contribution is -0.134. The third kappa shape index (κ3) is 3.54. The molecule has 0 amide bonds. The van der Waals surface area contributed by atoms with Gasteiger partial charge in [-0.2, -0.15) is 0 Å². The topological polar surface area (TPSA) is 76.7 Å². The number of hydrogen-bond acceptors (Lipinski definition) is 6. The van der Waals surface area contributed by atoms with Crippen molar-refractivity contribution in [3.8, 4) is 0 Å². The van der Waals surface area contributed by atoms with Crippen LogP contribution in [0.1, 0.15) is 15.9 Å². The molecule has 0 saturated heterocycles. The maximum atomic E-state index is 12.1. The molecule has 3 aromatic rings. The van der Waals surface area contributed by atoms with Gasteiger partial charge in [-0.3, -0.25) is 0 Å². The summed E-state index contributed by atoms with van der Waals surface area (Å²) in [7, 11) is 2.68. The Kier molecular flexibility index (Phi) is 4.95. The van der Waals surface area contributed by atoms with Crippen LogP contribution in [0.15, 0.2) is 66.7 Å². The van der Waals surface area contributed by atoms with E-state index in [0.29, 0.717) is 11.0 Å². The lowest BCUT2D eigenvalue weighted by Crippen LogP contribution is -2.39. The van der Waals surface area contributed by atoms with Gasteiger partial charge in [-0.1, -0.05) is 36.4 Å². The Morgan fingerprint density at radius 2 is 1.41 bits per heavy atom. The number of carbonyl (C=O) groups is 2. The summed E-state index contributed by atoms with van der Waals surface area (Å²) < 4.78 is 9.61. The van der Waals surface area contributed by atoms with Crippen LogP contribution in [0.5, 0.6) is 0 Å². The molecule has 0 atom stereocenters. The molecule has 7 heteroatoms. The van der Waals surface area contributed by atoms with Gasteiger partial charge in [0.25, 0.3) is 0 Å². The average Bonchev–Trinajstić information content (AvgIpc) is 2.77. The number of methoxy groups -OCH3 is 2. The summed E-state index contributed by atoms with van der Waals surface area (Å²) >= 11 is 0. The van der Waals surface area contributed by atoms with Gasteiger partial charge in [0.05, 0.1) is 19.8 Å². The Bertz CT molecular complexity index is 1080. The van der Waals surface area contributed by atoms with Crippen molar-refractivity contribution in [3.63, 3.8) is 0 Å². The SMILES string of the molecule is COC(=O)/C=C(\B1Nc2cccc3cccc(c23)N1)c1ccc(C(=O)OC)cc1. The van der Waals surface area contributed by atoms with Crippen LogP contribution in [-0.2, 0) is 14.3 Å². The maximum Gasteiger partial charge on any atom is 0.406 e. The van der Waals surface area contributed by atoms with Crippen LogP contribution in [0.3, 0.4) is 0 Å². The summed E-state index contributed by atoms with van der Waals surface area (Å²) in [6.45, 7) is -0.362. The molecule has 29 heavy (non-hydrogen) atoms. The molecule has 0 saturated carbocycles. The zero-order valence-corrected chi connectivity index (χ0v) is 16.1. The zero-order chi connectivity index (χ0) is 20.4. The number of anilines is 2. The van der Waals surface area contributed by atoms with Gasteiger partial charge in [0.2, 0.25) is 0 Å². The highest BCUT2D eigenvalue weighted by Crippen LogP contribution is 2.36. The van der Waals surface area contributed by atoms with Crippen molar-refractivity contribution in [2.24, 2.45) is 0 Å². The molecule has 0 aromatic heterocycles. The number of esters is 2. The predicted molar refractivity (Wildman–Crippen MR) is 115 cm³/mol. The molecule has 1 aliphatic rings. The van der Waals surface area contributed by atoms with Crippen LogP contribution in [-0.4, -0.2) is 33.1 Å². The summed E-state index contributed by atoms with van der Waals surface area (Å²) in [5, 5.41) is 9.14. The molecule has 0 bridgehead atoms. The van der Waals surface area contributed by atoms with Crippen molar-refractivity contribution in [2.75, 3.05) is 24.7 Å². The monoisotopic (exact) mass is 386 g/mol. The van der Waals surface area contributed by atoms with Gasteiger partial charge in [0, 0.05) is 22.8 Å². The zero-order valence-electron chi connectivity index (χ0n) is 16.1. The third-order valence-corrected chi connectivity index (χ3v) is 4.93. The normalized spacial score (nSPS) is 12.8. The highest BCUT2D eigenvalue weighted by atomic mass is 16.5. The van der Waals surface area contributed by atoms with Crippen LogP contribution in [0.2, 0.25) is 0 Å². The van der Waals surface area contributed by atoms with Crippen molar-refractivity contribution in [1.29, 1.82) is 0 Å². The molecule has 1 aliphatic heterocycles. The first-order valence-corrected chi connectivity index (χ1v) is 9.14. The van der Waals surface area contributed by atoms with E-state index in [2.05, 4.69) is 22.6 Å². The Labute approximate surface area is 168 Å². The van der Waals surface area contributed by atoms with Gasteiger partial charge in [0.1, 0.15) is 0 Å². The Balaban J connectivity index is 1.74. The van der Waals surface area contributed by atoms with Crippen molar-refractivity contribution in [1.82, 2.24) is 0 Å². The first kappa shape index (κ1) is 18.6. The second-order valence-electron chi connectivity index (χ2n) is 6.62. The van der Waals surface area contributed by atoms with Gasteiger partial charge in [0.15, 0.2) is 0 Å². The highest BCUT2D eigenvalue weighted by molar-refractivity contribution is 6.85. The van der Waals surface area contributed by atoms with E-state index in [4.69, 9.17) is 9.47 Å². The molecular formula is C22H19BN2O4. The van der Waals surface area contributed by atoms with Gasteiger partial charge < -0.3 is 19.9 Å². The van der Waals surface area contributed by atoms with Crippen LogP contribution in [0.25, 0.3) is 16.2 Å².